The first-order valence-electron chi connectivity index (χ1n) is 10.3. The van der Waals surface area contributed by atoms with Crippen LogP contribution in [0.4, 0.5) is 0 Å². The minimum atomic E-state index is 0.861. The summed E-state index contributed by atoms with van der Waals surface area (Å²) in [5.74, 6) is 4.04. The van der Waals surface area contributed by atoms with Crippen LogP contribution in [0.25, 0.3) is 0 Å². The van der Waals surface area contributed by atoms with E-state index >= 15 is 0 Å². The minimum Gasteiger partial charge on any atom is -0.384 e. The zero-order valence-electron chi connectivity index (χ0n) is 15.3. The van der Waals surface area contributed by atoms with Gasteiger partial charge in [-0.3, -0.25) is 0 Å². The van der Waals surface area contributed by atoms with Gasteiger partial charge in [0.2, 0.25) is 0 Å². The van der Waals surface area contributed by atoms with Crippen LogP contribution in [-0.2, 0) is 4.74 Å². The first-order valence-corrected chi connectivity index (χ1v) is 10.3. The molecule has 2 saturated carbocycles. The van der Waals surface area contributed by atoms with E-state index in [1.807, 2.05) is 7.11 Å². The highest BCUT2D eigenvalue weighted by Gasteiger charge is 2.24. The predicted octanol–water partition coefficient (Wildman–Crippen LogP) is 6.61. The molecule has 0 atom stereocenters. The van der Waals surface area contributed by atoms with Gasteiger partial charge in [-0.1, -0.05) is 84.0 Å². The summed E-state index contributed by atoms with van der Waals surface area (Å²) < 4.78 is 5.32. The van der Waals surface area contributed by atoms with Crippen LogP contribution >= 0.6 is 0 Å². The Morgan fingerprint density at radius 2 is 1.09 bits per heavy atom. The average Bonchev–Trinajstić information content (AvgIpc) is 2.56. The lowest BCUT2D eigenvalue weighted by atomic mass is 9.75. The van der Waals surface area contributed by atoms with Crippen LogP contribution < -0.4 is 0 Å². The van der Waals surface area contributed by atoms with Crippen LogP contribution in [-0.4, -0.2) is 13.7 Å². The SMILES string of the molecule is CCCCC[C@H]1CC[C@H](CC[C@H]2CC[C@H](COC)CC2)CC1. The van der Waals surface area contributed by atoms with Crippen molar-refractivity contribution in [2.45, 2.75) is 96.8 Å². The molecule has 2 aliphatic carbocycles. The number of unbranched alkanes of at least 4 members (excludes halogenated alkanes) is 2. The topological polar surface area (TPSA) is 9.23 Å². The molecule has 2 rings (SSSR count). The summed E-state index contributed by atoms with van der Waals surface area (Å²) in [4.78, 5) is 0. The molecule has 0 saturated heterocycles. The van der Waals surface area contributed by atoms with Gasteiger partial charge in [0, 0.05) is 13.7 Å². The maximum atomic E-state index is 5.32. The molecular weight excluding hydrogens is 268 g/mol. The first kappa shape index (κ1) is 18.3. The fraction of sp³-hybridized carbons (Fsp3) is 1.00. The van der Waals surface area contributed by atoms with Crippen molar-refractivity contribution in [3.8, 4) is 0 Å². The van der Waals surface area contributed by atoms with Crippen molar-refractivity contribution in [2.24, 2.45) is 23.7 Å². The van der Waals surface area contributed by atoms with Crippen LogP contribution in [0.5, 0.6) is 0 Å². The summed E-state index contributed by atoms with van der Waals surface area (Å²) in [6, 6.07) is 0. The smallest absolute Gasteiger partial charge is 0.0490 e. The Labute approximate surface area is 139 Å². The van der Waals surface area contributed by atoms with Crippen molar-refractivity contribution >= 4 is 0 Å². The minimum absolute atomic E-state index is 0.861. The lowest BCUT2D eigenvalue weighted by Gasteiger charge is -2.32. The van der Waals surface area contributed by atoms with E-state index in [1.54, 1.807) is 0 Å². The first-order chi connectivity index (χ1) is 10.8. The molecule has 0 bridgehead atoms. The number of ether oxygens (including phenoxy) is 1. The van der Waals surface area contributed by atoms with Gasteiger partial charge in [0.25, 0.3) is 0 Å². The molecule has 2 fully saturated rings. The molecule has 130 valence electrons. The highest BCUT2D eigenvalue weighted by atomic mass is 16.5. The highest BCUT2D eigenvalue weighted by Crippen LogP contribution is 2.37. The maximum Gasteiger partial charge on any atom is 0.0490 e. The van der Waals surface area contributed by atoms with E-state index in [9.17, 15) is 0 Å². The summed E-state index contributed by atoms with van der Waals surface area (Å²) in [6.45, 7) is 3.31. The van der Waals surface area contributed by atoms with E-state index in [4.69, 9.17) is 4.74 Å². The molecule has 22 heavy (non-hydrogen) atoms. The van der Waals surface area contributed by atoms with E-state index in [0.717, 1.165) is 30.3 Å². The molecule has 0 amide bonds. The molecule has 0 aliphatic heterocycles. The summed E-state index contributed by atoms with van der Waals surface area (Å²) in [5, 5.41) is 0. The van der Waals surface area contributed by atoms with Crippen LogP contribution in [0, 0.1) is 23.7 Å². The Kier molecular flexibility index (Phi) is 8.89. The van der Waals surface area contributed by atoms with Crippen molar-refractivity contribution in [3.63, 3.8) is 0 Å². The van der Waals surface area contributed by atoms with Gasteiger partial charge in [0.05, 0.1) is 0 Å². The quantitative estimate of drug-likeness (QED) is 0.436. The van der Waals surface area contributed by atoms with E-state index < -0.39 is 0 Å². The molecule has 0 N–H and O–H groups in total. The van der Waals surface area contributed by atoms with Crippen LogP contribution in [0.1, 0.15) is 96.8 Å². The lowest BCUT2D eigenvalue weighted by molar-refractivity contribution is 0.115. The molecule has 1 heteroatoms. The number of hydrogen-bond donors (Lipinski definition) is 0. The van der Waals surface area contributed by atoms with Crippen LogP contribution in [0.15, 0.2) is 0 Å². The van der Waals surface area contributed by atoms with Gasteiger partial charge in [-0.2, -0.15) is 0 Å². The maximum absolute atomic E-state index is 5.32. The van der Waals surface area contributed by atoms with Crippen molar-refractivity contribution in [1.29, 1.82) is 0 Å². The van der Waals surface area contributed by atoms with E-state index in [2.05, 4.69) is 6.92 Å². The molecule has 0 heterocycles. The molecular formula is C21H40O. The average molecular weight is 309 g/mol. The fourth-order valence-corrected chi connectivity index (χ4v) is 4.89. The third-order valence-corrected chi connectivity index (χ3v) is 6.53. The third-order valence-electron chi connectivity index (χ3n) is 6.53. The summed E-state index contributed by atoms with van der Waals surface area (Å²) in [6.07, 6.45) is 20.8. The standard InChI is InChI=1S/C21H40O/c1-3-4-5-6-18-7-9-19(10-8-18)11-12-20-13-15-21(16-14-20)17-22-2/h18-21H,3-17H2,1-2H3/t18-,19-,20-,21-. The van der Waals surface area contributed by atoms with Gasteiger partial charge < -0.3 is 4.74 Å². The molecule has 0 aromatic heterocycles. The third kappa shape index (κ3) is 6.60. The lowest BCUT2D eigenvalue weighted by Crippen LogP contribution is -2.20. The zero-order valence-corrected chi connectivity index (χ0v) is 15.3. The van der Waals surface area contributed by atoms with Crippen molar-refractivity contribution in [1.82, 2.24) is 0 Å². The Hall–Kier alpha value is -0.0400. The van der Waals surface area contributed by atoms with E-state index in [0.29, 0.717) is 0 Å². The number of methoxy groups -OCH3 is 1. The van der Waals surface area contributed by atoms with E-state index in [-0.39, 0.29) is 0 Å². The van der Waals surface area contributed by atoms with Crippen molar-refractivity contribution in [2.75, 3.05) is 13.7 Å². The molecule has 0 radical (unpaired) electrons. The second-order valence-electron chi connectivity index (χ2n) is 8.30. The molecule has 0 aromatic carbocycles. The molecule has 0 aromatic rings. The summed E-state index contributed by atoms with van der Waals surface area (Å²) in [7, 11) is 1.85. The molecule has 0 spiro atoms. The molecule has 2 aliphatic rings. The number of hydrogen-bond acceptors (Lipinski definition) is 1. The Bertz CT molecular complexity index is 259. The van der Waals surface area contributed by atoms with Gasteiger partial charge in [0.1, 0.15) is 0 Å². The van der Waals surface area contributed by atoms with Crippen molar-refractivity contribution in [3.05, 3.63) is 0 Å². The van der Waals surface area contributed by atoms with Gasteiger partial charge in [-0.05, 0) is 36.5 Å². The normalized spacial score (nSPS) is 33.0. The van der Waals surface area contributed by atoms with E-state index in [1.165, 1.54) is 89.9 Å². The van der Waals surface area contributed by atoms with Crippen molar-refractivity contribution < 1.29 is 4.74 Å². The predicted molar refractivity (Wildman–Crippen MR) is 96.1 cm³/mol. The number of rotatable bonds is 9. The Balaban J connectivity index is 1.52. The highest BCUT2D eigenvalue weighted by molar-refractivity contribution is 4.76. The second-order valence-corrected chi connectivity index (χ2v) is 8.30. The summed E-state index contributed by atoms with van der Waals surface area (Å²) in [5.41, 5.74) is 0. The Morgan fingerprint density at radius 3 is 1.55 bits per heavy atom. The largest absolute Gasteiger partial charge is 0.384 e. The van der Waals surface area contributed by atoms with Gasteiger partial charge >= 0.3 is 0 Å². The molecule has 1 nitrogen and oxygen atoms in total. The van der Waals surface area contributed by atoms with Gasteiger partial charge in [-0.15, -0.1) is 0 Å². The van der Waals surface area contributed by atoms with Crippen LogP contribution in [0.2, 0.25) is 0 Å². The second kappa shape index (κ2) is 10.7. The van der Waals surface area contributed by atoms with Gasteiger partial charge in [0.15, 0.2) is 0 Å². The molecule has 0 unspecified atom stereocenters. The zero-order chi connectivity index (χ0) is 15.6. The van der Waals surface area contributed by atoms with Gasteiger partial charge in [-0.25, -0.2) is 0 Å². The summed E-state index contributed by atoms with van der Waals surface area (Å²) >= 11 is 0. The monoisotopic (exact) mass is 308 g/mol. The van der Waals surface area contributed by atoms with Crippen LogP contribution in [0.3, 0.4) is 0 Å². The Morgan fingerprint density at radius 1 is 0.636 bits per heavy atom. The fourth-order valence-electron chi connectivity index (χ4n) is 4.89.